The van der Waals surface area contributed by atoms with Crippen molar-refractivity contribution in [1.29, 1.82) is 0 Å². The highest BCUT2D eigenvalue weighted by Crippen LogP contribution is 2.30. The van der Waals surface area contributed by atoms with Crippen LogP contribution in [0.2, 0.25) is 0 Å². The van der Waals surface area contributed by atoms with Gasteiger partial charge in [0.15, 0.2) is 18.1 Å². The van der Waals surface area contributed by atoms with E-state index in [1.807, 2.05) is 13.8 Å². The number of carbonyl (C=O) groups excluding carboxylic acids is 3. The molecule has 0 atom stereocenters. The van der Waals surface area contributed by atoms with Gasteiger partial charge in [-0.3, -0.25) is 9.59 Å². The topological polar surface area (TPSA) is 85.4 Å². The van der Waals surface area contributed by atoms with Gasteiger partial charge in [0.1, 0.15) is 0 Å². The van der Waals surface area contributed by atoms with Crippen LogP contribution in [-0.4, -0.2) is 67.2 Å². The lowest BCUT2D eigenvalue weighted by Gasteiger charge is -2.40. The third-order valence-corrected chi connectivity index (χ3v) is 4.32. The van der Waals surface area contributed by atoms with Crippen molar-refractivity contribution in [2.75, 3.05) is 39.5 Å². The first-order valence-corrected chi connectivity index (χ1v) is 8.69. The Bertz CT molecular complexity index is 698. The van der Waals surface area contributed by atoms with Crippen LogP contribution in [0.3, 0.4) is 0 Å². The highest BCUT2D eigenvalue weighted by molar-refractivity contribution is 5.98. The van der Waals surface area contributed by atoms with E-state index in [1.165, 1.54) is 0 Å². The zero-order valence-corrected chi connectivity index (χ0v) is 14.9. The average Bonchev–Trinajstić information content (AvgIpc) is 2.90. The summed E-state index contributed by atoms with van der Waals surface area (Å²) in [5.41, 5.74) is 0.520. The van der Waals surface area contributed by atoms with Gasteiger partial charge >= 0.3 is 6.09 Å². The van der Waals surface area contributed by atoms with Crippen LogP contribution >= 0.6 is 0 Å². The second-order valence-corrected chi connectivity index (χ2v) is 6.16. The molecule has 0 unspecified atom stereocenters. The average molecular weight is 362 g/mol. The van der Waals surface area contributed by atoms with Crippen molar-refractivity contribution in [3.63, 3.8) is 0 Å². The molecule has 0 spiro atoms. The van der Waals surface area contributed by atoms with E-state index in [0.717, 1.165) is 4.90 Å². The Morgan fingerprint density at radius 2 is 1.85 bits per heavy atom. The first-order chi connectivity index (χ1) is 12.5. The fraction of sp³-hybridized carbons (Fsp3) is 0.500. The van der Waals surface area contributed by atoms with E-state index in [9.17, 15) is 14.4 Å². The molecule has 2 aliphatic rings. The Morgan fingerprint density at radius 1 is 1.15 bits per heavy atom. The van der Waals surface area contributed by atoms with Crippen LogP contribution in [-0.2, 0) is 9.53 Å². The molecule has 140 valence electrons. The fourth-order valence-electron chi connectivity index (χ4n) is 3.03. The number of cyclic esters (lactones) is 1. The van der Waals surface area contributed by atoms with E-state index in [0.29, 0.717) is 43.4 Å². The standard InChI is InChI=1S/C18H22N2O6/c1-3-24-14-6-5-13(7-15(14)25-4-2)17(22)19-8-12(9-19)10-20-16(21)11-26-18(20)23/h5-7,12H,3-4,8-11H2,1-2H3. The maximum absolute atomic E-state index is 12.6. The predicted molar refractivity (Wildman–Crippen MR) is 91.2 cm³/mol. The van der Waals surface area contributed by atoms with Crippen LogP contribution in [0.15, 0.2) is 18.2 Å². The van der Waals surface area contributed by atoms with Gasteiger partial charge in [-0.2, -0.15) is 0 Å². The molecule has 8 heteroatoms. The highest BCUT2D eigenvalue weighted by Gasteiger charge is 2.38. The quantitative estimate of drug-likeness (QED) is 0.731. The highest BCUT2D eigenvalue weighted by atomic mass is 16.6. The molecule has 2 aliphatic heterocycles. The SMILES string of the molecule is CCOc1ccc(C(=O)N2CC(CN3C(=O)COC3=O)C2)cc1OCC. The monoisotopic (exact) mass is 362 g/mol. The van der Waals surface area contributed by atoms with Crippen LogP contribution < -0.4 is 9.47 Å². The number of rotatable bonds is 7. The third-order valence-electron chi connectivity index (χ3n) is 4.32. The molecule has 2 heterocycles. The fourth-order valence-corrected chi connectivity index (χ4v) is 3.03. The minimum absolute atomic E-state index is 0.0719. The third kappa shape index (κ3) is 3.58. The molecule has 26 heavy (non-hydrogen) atoms. The number of nitrogens with zero attached hydrogens (tertiary/aromatic N) is 2. The molecule has 3 amide bonds. The smallest absolute Gasteiger partial charge is 0.417 e. The van der Waals surface area contributed by atoms with Gasteiger partial charge in [-0.05, 0) is 32.0 Å². The van der Waals surface area contributed by atoms with Crippen molar-refractivity contribution >= 4 is 17.9 Å². The number of ether oxygens (including phenoxy) is 3. The van der Waals surface area contributed by atoms with Gasteiger partial charge in [-0.1, -0.05) is 0 Å². The molecule has 2 saturated heterocycles. The lowest BCUT2D eigenvalue weighted by atomic mass is 9.98. The van der Waals surface area contributed by atoms with Crippen molar-refractivity contribution < 1.29 is 28.6 Å². The summed E-state index contributed by atoms with van der Waals surface area (Å²) in [6.45, 7) is 5.82. The Morgan fingerprint density at radius 3 is 2.46 bits per heavy atom. The Kier molecular flexibility index (Phi) is 5.29. The summed E-state index contributed by atoms with van der Waals surface area (Å²) in [4.78, 5) is 38.4. The van der Waals surface area contributed by atoms with Crippen LogP contribution in [0.5, 0.6) is 11.5 Å². The largest absolute Gasteiger partial charge is 0.490 e. The second kappa shape index (κ2) is 7.63. The lowest BCUT2D eigenvalue weighted by molar-refractivity contribution is -0.126. The maximum atomic E-state index is 12.6. The first kappa shape index (κ1) is 18.0. The minimum atomic E-state index is -0.604. The van der Waals surface area contributed by atoms with E-state index in [-0.39, 0.29) is 30.9 Å². The Labute approximate surface area is 151 Å². The molecule has 0 aliphatic carbocycles. The molecular formula is C18H22N2O6. The molecule has 0 radical (unpaired) electrons. The van der Waals surface area contributed by atoms with Crippen molar-refractivity contribution in [2.45, 2.75) is 13.8 Å². The molecule has 1 aromatic carbocycles. The van der Waals surface area contributed by atoms with Gasteiger partial charge in [-0.15, -0.1) is 0 Å². The second-order valence-electron chi connectivity index (χ2n) is 6.16. The summed E-state index contributed by atoms with van der Waals surface area (Å²) >= 11 is 0. The number of carbonyl (C=O) groups is 3. The van der Waals surface area contributed by atoms with Crippen molar-refractivity contribution in [1.82, 2.24) is 9.80 Å². The normalized spacial score (nSPS) is 17.2. The summed E-state index contributed by atoms with van der Waals surface area (Å²) in [5, 5.41) is 0. The molecule has 2 fully saturated rings. The van der Waals surface area contributed by atoms with Crippen LogP contribution in [0, 0.1) is 5.92 Å². The molecule has 1 aromatic rings. The summed E-state index contributed by atoms with van der Waals surface area (Å²) in [6.07, 6.45) is -0.604. The molecule has 0 aromatic heterocycles. The van der Waals surface area contributed by atoms with Gasteiger partial charge in [0.2, 0.25) is 0 Å². The van der Waals surface area contributed by atoms with E-state index >= 15 is 0 Å². The summed E-state index contributed by atoms with van der Waals surface area (Å²) in [5.74, 6) is 0.789. The number of benzene rings is 1. The van der Waals surface area contributed by atoms with E-state index < -0.39 is 6.09 Å². The molecule has 3 rings (SSSR count). The summed E-state index contributed by atoms with van der Waals surface area (Å²) < 4.78 is 15.7. The number of hydrogen-bond donors (Lipinski definition) is 0. The van der Waals surface area contributed by atoms with Crippen molar-refractivity contribution in [3.05, 3.63) is 23.8 Å². The molecular weight excluding hydrogens is 340 g/mol. The van der Waals surface area contributed by atoms with Gasteiger partial charge < -0.3 is 19.1 Å². The van der Waals surface area contributed by atoms with Crippen LogP contribution in [0.1, 0.15) is 24.2 Å². The Balaban J connectivity index is 1.59. The van der Waals surface area contributed by atoms with E-state index in [1.54, 1.807) is 23.1 Å². The van der Waals surface area contributed by atoms with Gasteiger partial charge in [0.05, 0.1) is 13.2 Å². The molecule has 0 N–H and O–H groups in total. The molecule has 8 nitrogen and oxygen atoms in total. The van der Waals surface area contributed by atoms with Gasteiger partial charge in [0.25, 0.3) is 11.8 Å². The lowest BCUT2D eigenvalue weighted by Crippen LogP contribution is -2.54. The number of imide groups is 1. The van der Waals surface area contributed by atoms with Crippen LogP contribution in [0.25, 0.3) is 0 Å². The van der Waals surface area contributed by atoms with Gasteiger partial charge in [-0.25, -0.2) is 9.69 Å². The number of likely N-dealkylation sites (tertiary alicyclic amines) is 1. The maximum Gasteiger partial charge on any atom is 0.417 e. The Hall–Kier alpha value is -2.77. The van der Waals surface area contributed by atoms with E-state index in [2.05, 4.69) is 4.74 Å². The zero-order chi connectivity index (χ0) is 18.7. The van der Waals surface area contributed by atoms with Crippen molar-refractivity contribution in [2.24, 2.45) is 5.92 Å². The number of hydrogen-bond acceptors (Lipinski definition) is 6. The van der Waals surface area contributed by atoms with Crippen molar-refractivity contribution in [3.8, 4) is 11.5 Å². The van der Waals surface area contributed by atoms with Crippen LogP contribution in [0.4, 0.5) is 4.79 Å². The molecule has 0 saturated carbocycles. The molecule has 0 bridgehead atoms. The predicted octanol–water partition coefficient (Wildman–Crippen LogP) is 1.53. The first-order valence-electron chi connectivity index (χ1n) is 8.69. The number of amides is 3. The summed E-state index contributed by atoms with van der Waals surface area (Å²) in [6, 6.07) is 5.13. The summed E-state index contributed by atoms with van der Waals surface area (Å²) in [7, 11) is 0. The minimum Gasteiger partial charge on any atom is -0.490 e. The zero-order valence-electron chi connectivity index (χ0n) is 14.9. The van der Waals surface area contributed by atoms with E-state index in [4.69, 9.17) is 9.47 Å². The van der Waals surface area contributed by atoms with Gasteiger partial charge in [0, 0.05) is 31.1 Å².